The molecule has 0 aromatic carbocycles. The van der Waals surface area contributed by atoms with Gasteiger partial charge >= 0.3 is 0 Å². The van der Waals surface area contributed by atoms with Gasteiger partial charge in [0.05, 0.1) is 12.6 Å². The van der Waals surface area contributed by atoms with Crippen molar-refractivity contribution in [3.63, 3.8) is 0 Å². The molecule has 110 valence electrons. The highest BCUT2D eigenvalue weighted by Gasteiger charge is 2.23. The molecule has 1 amide bonds. The zero-order chi connectivity index (χ0) is 13.7. The van der Waals surface area contributed by atoms with E-state index in [1.165, 1.54) is 9.75 Å². The fourth-order valence-electron chi connectivity index (χ4n) is 1.90. The van der Waals surface area contributed by atoms with Crippen LogP contribution in [0.25, 0.3) is 0 Å². The highest BCUT2D eigenvalue weighted by atomic mass is 35.5. The highest BCUT2D eigenvalue weighted by Crippen LogP contribution is 2.19. The zero-order valence-corrected chi connectivity index (χ0v) is 13.8. The van der Waals surface area contributed by atoms with E-state index in [2.05, 4.69) is 26.0 Å². The van der Waals surface area contributed by atoms with Gasteiger partial charge in [-0.3, -0.25) is 4.79 Å². The molecular formula is C14H25ClN2OS. The second-order valence-corrected chi connectivity index (χ2v) is 6.34. The number of halogens is 1. The first-order chi connectivity index (χ1) is 8.45. The van der Waals surface area contributed by atoms with Gasteiger partial charge in [0.15, 0.2) is 0 Å². The summed E-state index contributed by atoms with van der Waals surface area (Å²) in [5.41, 5.74) is 5.94. The Morgan fingerprint density at radius 3 is 2.47 bits per heavy atom. The Morgan fingerprint density at radius 1 is 1.42 bits per heavy atom. The zero-order valence-electron chi connectivity index (χ0n) is 12.2. The largest absolute Gasteiger partial charge is 0.334 e. The molecule has 0 aliphatic rings. The van der Waals surface area contributed by atoms with Crippen molar-refractivity contribution < 1.29 is 4.79 Å². The van der Waals surface area contributed by atoms with Crippen LogP contribution in [0.5, 0.6) is 0 Å². The molecule has 1 heterocycles. The lowest BCUT2D eigenvalue weighted by atomic mass is 10.1. The number of hydrogen-bond donors (Lipinski definition) is 1. The summed E-state index contributed by atoms with van der Waals surface area (Å²) in [5.74, 6) is 0.0675. The van der Waals surface area contributed by atoms with E-state index >= 15 is 0 Å². The summed E-state index contributed by atoms with van der Waals surface area (Å²) in [6.45, 7) is 8.88. The lowest BCUT2D eigenvalue weighted by Gasteiger charge is -2.29. The van der Waals surface area contributed by atoms with Crippen LogP contribution in [0.4, 0.5) is 0 Å². The monoisotopic (exact) mass is 304 g/mol. The van der Waals surface area contributed by atoms with Gasteiger partial charge in [-0.15, -0.1) is 23.7 Å². The van der Waals surface area contributed by atoms with Crippen molar-refractivity contribution in [2.45, 2.75) is 59.2 Å². The molecule has 0 radical (unpaired) electrons. The predicted octanol–water partition coefficient (Wildman–Crippen LogP) is 3.34. The molecule has 1 unspecified atom stereocenters. The average Bonchev–Trinajstić information content (AvgIpc) is 2.71. The highest BCUT2D eigenvalue weighted by molar-refractivity contribution is 7.11. The third kappa shape index (κ3) is 5.51. The number of hydrogen-bond acceptors (Lipinski definition) is 3. The number of nitrogens with zero attached hydrogens (tertiary/aromatic N) is 1. The Kier molecular flexibility index (Phi) is 8.30. The Morgan fingerprint density at radius 2 is 2.05 bits per heavy atom. The first-order valence-corrected chi connectivity index (χ1v) is 7.38. The minimum Gasteiger partial charge on any atom is -0.334 e. The molecule has 1 rings (SSSR count). The van der Waals surface area contributed by atoms with Gasteiger partial charge in [-0.2, -0.15) is 0 Å². The van der Waals surface area contributed by atoms with Gasteiger partial charge in [-0.1, -0.05) is 13.3 Å². The third-order valence-corrected chi connectivity index (χ3v) is 3.93. The van der Waals surface area contributed by atoms with Crippen molar-refractivity contribution in [1.82, 2.24) is 4.90 Å². The molecule has 1 aromatic rings. The smallest absolute Gasteiger partial charge is 0.240 e. The van der Waals surface area contributed by atoms with Crippen LogP contribution in [-0.4, -0.2) is 22.9 Å². The molecule has 0 fully saturated rings. The van der Waals surface area contributed by atoms with Crippen molar-refractivity contribution in [2.75, 3.05) is 0 Å². The molecule has 0 spiro atoms. The van der Waals surface area contributed by atoms with Crippen molar-refractivity contribution in [2.24, 2.45) is 5.73 Å². The molecule has 19 heavy (non-hydrogen) atoms. The van der Waals surface area contributed by atoms with E-state index < -0.39 is 0 Å². The Labute approximate surface area is 126 Å². The summed E-state index contributed by atoms with van der Waals surface area (Å²) in [6.07, 6.45) is 1.70. The fourth-order valence-corrected chi connectivity index (χ4v) is 2.79. The minimum atomic E-state index is -0.363. The second-order valence-electron chi connectivity index (χ2n) is 4.97. The van der Waals surface area contributed by atoms with E-state index in [9.17, 15) is 4.79 Å². The molecule has 2 N–H and O–H groups in total. The van der Waals surface area contributed by atoms with E-state index in [0.717, 1.165) is 12.8 Å². The van der Waals surface area contributed by atoms with E-state index in [4.69, 9.17) is 5.73 Å². The molecule has 5 heteroatoms. The Balaban J connectivity index is 0.00000324. The normalized spacial score (nSPS) is 12.1. The maximum Gasteiger partial charge on any atom is 0.240 e. The molecule has 0 bridgehead atoms. The minimum absolute atomic E-state index is 0. The maximum absolute atomic E-state index is 12.3. The van der Waals surface area contributed by atoms with Crippen LogP contribution in [0, 0.1) is 6.92 Å². The van der Waals surface area contributed by atoms with Crippen LogP contribution in [0.1, 0.15) is 43.4 Å². The summed E-state index contributed by atoms with van der Waals surface area (Å²) in [7, 11) is 0. The van der Waals surface area contributed by atoms with Crippen molar-refractivity contribution >= 4 is 29.7 Å². The molecule has 3 nitrogen and oxygen atoms in total. The summed E-state index contributed by atoms with van der Waals surface area (Å²) in [6, 6.07) is 4.00. The van der Waals surface area contributed by atoms with Crippen LogP contribution >= 0.6 is 23.7 Å². The van der Waals surface area contributed by atoms with Crippen molar-refractivity contribution in [1.29, 1.82) is 0 Å². The van der Waals surface area contributed by atoms with Gasteiger partial charge in [-0.25, -0.2) is 0 Å². The van der Waals surface area contributed by atoms with Gasteiger partial charge in [0.1, 0.15) is 0 Å². The molecule has 0 saturated heterocycles. The predicted molar refractivity (Wildman–Crippen MR) is 84.9 cm³/mol. The van der Waals surface area contributed by atoms with E-state index in [-0.39, 0.29) is 30.4 Å². The van der Waals surface area contributed by atoms with E-state index in [0.29, 0.717) is 6.54 Å². The number of carbonyl (C=O) groups excluding carboxylic acids is 1. The lowest BCUT2D eigenvalue weighted by Crippen LogP contribution is -2.46. The molecule has 1 atom stereocenters. The van der Waals surface area contributed by atoms with Crippen LogP contribution < -0.4 is 5.73 Å². The SMILES string of the molecule is CCCC(N)C(=O)N(Cc1ccc(C)s1)C(C)C.Cl. The van der Waals surface area contributed by atoms with Crippen LogP contribution in [0.15, 0.2) is 12.1 Å². The van der Waals surface area contributed by atoms with Gasteiger partial charge < -0.3 is 10.6 Å². The summed E-state index contributed by atoms with van der Waals surface area (Å²) in [4.78, 5) is 16.7. The average molecular weight is 305 g/mol. The molecule has 0 saturated carbocycles. The number of nitrogens with two attached hydrogens (primary N) is 1. The van der Waals surface area contributed by atoms with Crippen LogP contribution in [0.2, 0.25) is 0 Å². The topological polar surface area (TPSA) is 46.3 Å². The van der Waals surface area contributed by atoms with Crippen LogP contribution in [0.3, 0.4) is 0 Å². The summed E-state index contributed by atoms with van der Waals surface area (Å²) < 4.78 is 0. The standard InChI is InChI=1S/C14H24N2OS.ClH/c1-5-6-13(15)14(17)16(10(2)3)9-12-8-7-11(4)18-12;/h7-8,10,13H,5-6,9,15H2,1-4H3;1H. The maximum atomic E-state index is 12.3. The fraction of sp³-hybridized carbons (Fsp3) is 0.643. The third-order valence-electron chi connectivity index (χ3n) is 2.95. The number of thiophene rings is 1. The first kappa shape index (κ1) is 18.4. The van der Waals surface area contributed by atoms with Crippen LogP contribution in [-0.2, 0) is 11.3 Å². The number of aryl methyl sites for hydroxylation is 1. The van der Waals surface area contributed by atoms with E-state index in [1.54, 1.807) is 11.3 Å². The summed E-state index contributed by atoms with van der Waals surface area (Å²) in [5, 5.41) is 0. The number of amides is 1. The quantitative estimate of drug-likeness (QED) is 0.876. The van der Waals surface area contributed by atoms with Gasteiger partial charge in [0.2, 0.25) is 5.91 Å². The molecule has 0 aliphatic carbocycles. The van der Waals surface area contributed by atoms with Gasteiger partial charge in [0.25, 0.3) is 0 Å². The Bertz CT molecular complexity index is 393. The first-order valence-electron chi connectivity index (χ1n) is 6.57. The summed E-state index contributed by atoms with van der Waals surface area (Å²) >= 11 is 1.74. The van der Waals surface area contributed by atoms with Crippen molar-refractivity contribution in [3.8, 4) is 0 Å². The molecular weight excluding hydrogens is 280 g/mol. The van der Waals surface area contributed by atoms with Gasteiger partial charge in [0, 0.05) is 15.8 Å². The number of carbonyl (C=O) groups is 1. The second kappa shape index (κ2) is 8.56. The Hall–Kier alpha value is -0.580. The molecule has 0 aliphatic heterocycles. The van der Waals surface area contributed by atoms with Crippen molar-refractivity contribution in [3.05, 3.63) is 21.9 Å². The number of rotatable bonds is 6. The lowest BCUT2D eigenvalue weighted by molar-refractivity contribution is -0.135. The molecule has 1 aromatic heterocycles. The van der Waals surface area contributed by atoms with E-state index in [1.807, 2.05) is 18.7 Å². The van der Waals surface area contributed by atoms with Gasteiger partial charge in [-0.05, 0) is 39.3 Å².